The molecule has 2 aromatic rings. The van der Waals surface area contributed by atoms with Crippen molar-refractivity contribution in [1.29, 1.82) is 0 Å². The molecule has 0 amide bonds. The predicted octanol–water partition coefficient (Wildman–Crippen LogP) is 1.39. The molecule has 0 aliphatic heterocycles. The minimum atomic E-state index is -3.76. The molecule has 1 heterocycles. The number of sulfonamides is 1. The summed E-state index contributed by atoms with van der Waals surface area (Å²) in [5.41, 5.74) is 0. The van der Waals surface area contributed by atoms with Gasteiger partial charge >= 0.3 is 0 Å². The highest BCUT2D eigenvalue weighted by atomic mass is 32.2. The number of hydrogen-bond donors (Lipinski definition) is 2. The van der Waals surface area contributed by atoms with E-state index in [1.54, 1.807) is 12.1 Å². The number of rotatable bonds is 3. The van der Waals surface area contributed by atoms with E-state index in [0.29, 0.717) is 0 Å². The topological polar surface area (TPSA) is 79.3 Å². The Hall–Kier alpha value is -2.08. The first-order valence-electron chi connectivity index (χ1n) is 4.72. The van der Waals surface area contributed by atoms with Gasteiger partial charge in [0.25, 0.3) is 10.0 Å². The van der Waals surface area contributed by atoms with Gasteiger partial charge in [-0.05, 0) is 24.3 Å². The normalized spacial score (nSPS) is 11.1. The lowest BCUT2D eigenvalue weighted by Gasteiger charge is -2.06. The average molecular weight is 249 g/mol. The van der Waals surface area contributed by atoms with Crippen LogP contribution < -0.4 is 4.72 Å². The molecule has 0 aliphatic rings. The van der Waals surface area contributed by atoms with Crippen molar-refractivity contribution in [3.63, 3.8) is 0 Å². The van der Waals surface area contributed by atoms with Gasteiger partial charge in [-0.3, -0.25) is 4.72 Å². The fourth-order valence-corrected chi connectivity index (χ4v) is 2.21. The third-order valence-corrected chi connectivity index (χ3v) is 3.24. The van der Waals surface area contributed by atoms with Gasteiger partial charge in [-0.15, -0.1) is 0 Å². The average Bonchev–Trinajstić information content (AvgIpc) is 2.30. The van der Waals surface area contributed by atoms with Crippen molar-refractivity contribution in [2.45, 2.75) is 4.90 Å². The highest BCUT2D eigenvalue weighted by molar-refractivity contribution is 7.92. The van der Waals surface area contributed by atoms with E-state index in [4.69, 9.17) is 0 Å². The Morgan fingerprint density at radius 3 is 2.76 bits per heavy atom. The third kappa shape index (κ3) is 2.73. The smallest absolute Gasteiger partial charge is 0.263 e. The SMILES string of the molecule is O=S(=O)(Nc1ccccn1)c1[c]ccc(O)c1. The van der Waals surface area contributed by atoms with Crippen molar-refractivity contribution in [2.75, 3.05) is 4.72 Å². The second kappa shape index (κ2) is 4.42. The van der Waals surface area contributed by atoms with Crippen molar-refractivity contribution in [3.8, 4) is 5.75 Å². The van der Waals surface area contributed by atoms with Crippen LogP contribution in [-0.2, 0) is 10.0 Å². The number of phenols is 1. The van der Waals surface area contributed by atoms with E-state index < -0.39 is 10.0 Å². The zero-order chi connectivity index (χ0) is 12.3. The Kier molecular flexibility index (Phi) is 2.97. The van der Waals surface area contributed by atoms with Crippen LogP contribution in [0, 0.1) is 6.07 Å². The lowest BCUT2D eigenvalue weighted by Crippen LogP contribution is -2.13. The molecular weight excluding hydrogens is 240 g/mol. The zero-order valence-corrected chi connectivity index (χ0v) is 9.48. The molecule has 6 heteroatoms. The maximum atomic E-state index is 11.9. The number of aromatic nitrogens is 1. The van der Waals surface area contributed by atoms with E-state index in [0.717, 1.165) is 6.07 Å². The summed E-state index contributed by atoms with van der Waals surface area (Å²) in [7, 11) is -3.76. The van der Waals surface area contributed by atoms with Crippen LogP contribution in [0.25, 0.3) is 0 Å². The standard InChI is InChI=1S/C11H9N2O3S/c14-9-4-3-5-10(8-9)17(15,16)13-11-6-1-2-7-12-11/h1-4,6-8,14H,(H,12,13). The van der Waals surface area contributed by atoms with Gasteiger partial charge in [-0.25, -0.2) is 13.4 Å². The summed E-state index contributed by atoms with van der Waals surface area (Å²) >= 11 is 0. The van der Waals surface area contributed by atoms with E-state index in [2.05, 4.69) is 15.8 Å². The van der Waals surface area contributed by atoms with Crippen LogP contribution in [0.1, 0.15) is 0 Å². The lowest BCUT2D eigenvalue weighted by atomic mass is 10.3. The van der Waals surface area contributed by atoms with Crippen LogP contribution in [-0.4, -0.2) is 18.5 Å². The van der Waals surface area contributed by atoms with Crippen molar-refractivity contribution < 1.29 is 13.5 Å². The third-order valence-electron chi connectivity index (χ3n) is 1.95. The van der Waals surface area contributed by atoms with Crippen LogP contribution in [0.5, 0.6) is 5.75 Å². The van der Waals surface area contributed by atoms with Crippen LogP contribution in [0.15, 0.2) is 47.5 Å². The number of pyridine rings is 1. The number of anilines is 1. The molecule has 0 spiro atoms. The minimum absolute atomic E-state index is 0.134. The highest BCUT2D eigenvalue weighted by Gasteiger charge is 2.15. The monoisotopic (exact) mass is 249 g/mol. The van der Waals surface area contributed by atoms with E-state index in [9.17, 15) is 13.5 Å². The second-order valence-corrected chi connectivity index (χ2v) is 4.88. The molecule has 2 N–H and O–H groups in total. The largest absolute Gasteiger partial charge is 0.508 e. The first-order chi connectivity index (χ1) is 8.08. The lowest BCUT2D eigenvalue weighted by molar-refractivity contribution is 0.473. The summed E-state index contributed by atoms with van der Waals surface area (Å²) in [6.07, 6.45) is 1.48. The molecule has 0 saturated carbocycles. The first kappa shape index (κ1) is 11.4. The Balaban J connectivity index is 2.32. The molecule has 0 fully saturated rings. The van der Waals surface area contributed by atoms with E-state index in [1.165, 1.54) is 24.4 Å². The molecule has 1 aromatic carbocycles. The molecule has 1 aromatic heterocycles. The van der Waals surface area contributed by atoms with Crippen molar-refractivity contribution in [2.24, 2.45) is 0 Å². The van der Waals surface area contributed by atoms with E-state index in [1.807, 2.05) is 0 Å². The molecule has 2 rings (SSSR count). The number of aromatic hydroxyl groups is 1. The van der Waals surface area contributed by atoms with Crippen molar-refractivity contribution in [1.82, 2.24) is 4.98 Å². The molecule has 87 valence electrons. The van der Waals surface area contributed by atoms with Crippen molar-refractivity contribution >= 4 is 15.8 Å². The molecule has 0 bridgehead atoms. The number of benzene rings is 1. The van der Waals surface area contributed by atoms with Crippen LogP contribution >= 0.6 is 0 Å². The summed E-state index contributed by atoms with van der Waals surface area (Å²) < 4.78 is 26.0. The molecular formula is C11H9N2O3S. The van der Waals surface area contributed by atoms with Gasteiger partial charge in [0.1, 0.15) is 11.6 Å². The number of phenolic OH excluding ortho intramolecular Hbond substituents is 1. The summed E-state index contributed by atoms with van der Waals surface area (Å²) in [4.78, 5) is 3.71. The number of nitrogens with one attached hydrogen (secondary N) is 1. The Morgan fingerprint density at radius 1 is 1.29 bits per heavy atom. The van der Waals surface area contributed by atoms with Gasteiger partial charge < -0.3 is 5.11 Å². The molecule has 0 unspecified atom stereocenters. The van der Waals surface area contributed by atoms with Crippen LogP contribution in [0.2, 0.25) is 0 Å². The summed E-state index contributed by atoms with van der Waals surface area (Å²) in [5.74, 6) is 0.0781. The van der Waals surface area contributed by atoms with Crippen LogP contribution in [0.3, 0.4) is 0 Å². The van der Waals surface area contributed by atoms with E-state index in [-0.39, 0.29) is 16.5 Å². The molecule has 0 atom stereocenters. The van der Waals surface area contributed by atoms with Gasteiger partial charge in [0.2, 0.25) is 0 Å². The quantitative estimate of drug-likeness (QED) is 0.861. The molecule has 1 radical (unpaired) electrons. The summed E-state index contributed by atoms with van der Waals surface area (Å²) in [5, 5.41) is 9.21. The molecule has 0 aliphatic carbocycles. The first-order valence-corrected chi connectivity index (χ1v) is 6.21. The maximum absolute atomic E-state index is 11.9. The number of hydrogen-bond acceptors (Lipinski definition) is 4. The van der Waals surface area contributed by atoms with Gasteiger partial charge in [-0.1, -0.05) is 6.07 Å². The molecule has 17 heavy (non-hydrogen) atoms. The zero-order valence-electron chi connectivity index (χ0n) is 8.66. The molecule has 0 saturated heterocycles. The van der Waals surface area contributed by atoms with Gasteiger partial charge in [0.05, 0.1) is 4.90 Å². The van der Waals surface area contributed by atoms with Gasteiger partial charge in [-0.2, -0.15) is 0 Å². The highest BCUT2D eigenvalue weighted by Crippen LogP contribution is 2.17. The Morgan fingerprint density at radius 2 is 2.12 bits per heavy atom. The van der Waals surface area contributed by atoms with Gasteiger partial charge in [0.15, 0.2) is 0 Å². The maximum Gasteiger partial charge on any atom is 0.263 e. The summed E-state index contributed by atoms with van der Waals surface area (Å²) in [6, 6.07) is 11.2. The fourth-order valence-electron chi connectivity index (χ4n) is 1.20. The molecule has 5 nitrogen and oxygen atoms in total. The summed E-state index contributed by atoms with van der Waals surface area (Å²) in [6.45, 7) is 0. The van der Waals surface area contributed by atoms with E-state index >= 15 is 0 Å². The van der Waals surface area contributed by atoms with Crippen molar-refractivity contribution in [3.05, 3.63) is 48.7 Å². The number of nitrogens with zero attached hydrogens (tertiary/aromatic N) is 1. The van der Waals surface area contributed by atoms with Crippen LogP contribution in [0.4, 0.5) is 5.82 Å². The van der Waals surface area contributed by atoms with Gasteiger partial charge in [0, 0.05) is 18.3 Å². The fraction of sp³-hybridized carbons (Fsp3) is 0. The predicted molar refractivity (Wildman–Crippen MR) is 62.0 cm³/mol. The Bertz CT molecular complexity index is 612. The Labute approximate surface area is 98.8 Å². The minimum Gasteiger partial charge on any atom is -0.508 e. The second-order valence-electron chi connectivity index (χ2n) is 3.23.